The minimum atomic E-state index is -3.67. The van der Waals surface area contributed by atoms with Crippen molar-refractivity contribution in [2.24, 2.45) is 0 Å². The van der Waals surface area contributed by atoms with E-state index >= 15 is 0 Å². The minimum absolute atomic E-state index is 0.325. The smallest absolute Gasteiger partial charge is 0.248 e. The zero-order chi connectivity index (χ0) is 20.4. The Labute approximate surface area is 166 Å². The predicted octanol–water partition coefficient (Wildman–Crippen LogP) is 4.45. The fraction of sp³-hybridized carbons (Fsp3) is 0.350. The van der Waals surface area contributed by atoms with E-state index in [-0.39, 0.29) is 0 Å². The summed E-state index contributed by atoms with van der Waals surface area (Å²) < 4.78 is 26.3. The Morgan fingerprint density at radius 3 is 2.26 bits per heavy atom. The molecule has 0 aromatic heterocycles. The number of sulfonamides is 1. The zero-order valence-corrected chi connectivity index (χ0v) is 17.8. The number of aryl methyl sites for hydroxylation is 3. The van der Waals surface area contributed by atoms with Gasteiger partial charge in [0, 0.05) is 10.7 Å². The summed E-state index contributed by atoms with van der Waals surface area (Å²) in [5.41, 5.74) is 3.91. The maximum Gasteiger partial charge on any atom is 0.248 e. The number of hydrogen-bond donors (Lipinski definition) is 1. The Morgan fingerprint density at radius 2 is 1.70 bits per heavy atom. The number of carbonyl (C=O) groups is 1. The van der Waals surface area contributed by atoms with E-state index in [0.29, 0.717) is 22.8 Å². The predicted molar refractivity (Wildman–Crippen MR) is 112 cm³/mol. The van der Waals surface area contributed by atoms with Crippen molar-refractivity contribution in [1.29, 1.82) is 0 Å². The van der Waals surface area contributed by atoms with Gasteiger partial charge in [-0.3, -0.25) is 9.10 Å². The fourth-order valence-corrected chi connectivity index (χ4v) is 4.24. The molecule has 0 aliphatic carbocycles. The van der Waals surface area contributed by atoms with Crippen LogP contribution >= 0.6 is 11.6 Å². The summed E-state index contributed by atoms with van der Waals surface area (Å²) in [5, 5.41) is 3.32. The monoisotopic (exact) mass is 408 g/mol. The molecule has 2 rings (SSSR count). The third kappa shape index (κ3) is 5.02. The van der Waals surface area contributed by atoms with Crippen molar-refractivity contribution < 1.29 is 13.2 Å². The van der Waals surface area contributed by atoms with Crippen molar-refractivity contribution in [3.05, 3.63) is 58.1 Å². The summed E-state index contributed by atoms with van der Waals surface area (Å²) in [5.74, 6) is -0.397. The van der Waals surface area contributed by atoms with Crippen LogP contribution in [0.15, 0.2) is 36.4 Å². The van der Waals surface area contributed by atoms with Gasteiger partial charge in [0.1, 0.15) is 6.04 Å². The molecule has 27 heavy (non-hydrogen) atoms. The standard InChI is InChI=1S/C20H25ClN2O3S/c1-6-19(20(24)22-18-12-16(21)9-7-14(18)3)23(27(5,25)26)17-10-8-13(2)15(4)11-17/h7-12,19H,6H2,1-5H3,(H,22,24)/t19-/m1/s1. The molecule has 0 aliphatic rings. The summed E-state index contributed by atoms with van der Waals surface area (Å²) in [7, 11) is -3.67. The number of benzene rings is 2. The van der Waals surface area contributed by atoms with Crippen molar-refractivity contribution in [2.75, 3.05) is 15.9 Å². The molecule has 1 N–H and O–H groups in total. The zero-order valence-electron chi connectivity index (χ0n) is 16.2. The Hall–Kier alpha value is -2.05. The summed E-state index contributed by atoms with van der Waals surface area (Å²) in [6.45, 7) is 7.50. The lowest BCUT2D eigenvalue weighted by atomic mass is 10.1. The first-order chi connectivity index (χ1) is 12.5. The first kappa shape index (κ1) is 21.3. The first-order valence-corrected chi connectivity index (χ1v) is 10.9. The van der Waals surface area contributed by atoms with Crippen LogP contribution in [0.25, 0.3) is 0 Å². The quantitative estimate of drug-likeness (QED) is 0.767. The van der Waals surface area contributed by atoms with Crippen molar-refractivity contribution in [3.8, 4) is 0 Å². The van der Waals surface area contributed by atoms with E-state index in [1.54, 1.807) is 37.3 Å². The molecule has 1 amide bonds. The number of amides is 1. The molecule has 2 aromatic carbocycles. The summed E-state index contributed by atoms with van der Waals surface area (Å²) in [4.78, 5) is 13.0. The molecule has 0 saturated carbocycles. The third-order valence-electron chi connectivity index (χ3n) is 4.53. The van der Waals surface area contributed by atoms with Crippen molar-refractivity contribution in [1.82, 2.24) is 0 Å². The van der Waals surface area contributed by atoms with Crippen LogP contribution < -0.4 is 9.62 Å². The van der Waals surface area contributed by atoms with Gasteiger partial charge >= 0.3 is 0 Å². The number of carbonyl (C=O) groups excluding carboxylic acids is 1. The van der Waals surface area contributed by atoms with Crippen molar-refractivity contribution in [3.63, 3.8) is 0 Å². The molecule has 2 aromatic rings. The molecule has 0 spiro atoms. The largest absolute Gasteiger partial charge is 0.324 e. The summed E-state index contributed by atoms with van der Waals surface area (Å²) in [6.07, 6.45) is 1.44. The van der Waals surface area contributed by atoms with E-state index in [2.05, 4.69) is 5.32 Å². The Kier molecular flexibility index (Phi) is 6.54. The SMILES string of the molecule is CC[C@H](C(=O)Nc1cc(Cl)ccc1C)N(c1ccc(C)c(C)c1)S(C)(=O)=O. The Bertz CT molecular complexity index is 958. The lowest BCUT2D eigenvalue weighted by Gasteiger charge is -2.30. The van der Waals surface area contributed by atoms with Crippen LogP contribution in [-0.2, 0) is 14.8 Å². The normalized spacial score (nSPS) is 12.5. The number of rotatable bonds is 6. The maximum absolute atomic E-state index is 13.0. The average molecular weight is 409 g/mol. The van der Waals surface area contributed by atoms with Gasteiger partial charge in [0.2, 0.25) is 15.9 Å². The van der Waals surface area contributed by atoms with E-state index in [0.717, 1.165) is 22.9 Å². The van der Waals surface area contributed by atoms with Crippen LogP contribution in [0.1, 0.15) is 30.0 Å². The number of anilines is 2. The van der Waals surface area contributed by atoms with Gasteiger partial charge in [-0.25, -0.2) is 8.42 Å². The van der Waals surface area contributed by atoms with Gasteiger partial charge in [-0.2, -0.15) is 0 Å². The Balaban J connectivity index is 2.44. The van der Waals surface area contributed by atoms with Gasteiger partial charge in [0.05, 0.1) is 11.9 Å². The number of halogens is 1. The van der Waals surface area contributed by atoms with Crippen LogP contribution in [0.3, 0.4) is 0 Å². The molecule has 0 fully saturated rings. The van der Waals surface area contributed by atoms with Crippen LogP contribution in [-0.4, -0.2) is 26.6 Å². The molecule has 1 atom stereocenters. The summed E-state index contributed by atoms with van der Waals surface area (Å²) in [6, 6.07) is 9.69. The van der Waals surface area contributed by atoms with Gasteiger partial charge in [-0.1, -0.05) is 30.7 Å². The molecule has 7 heteroatoms. The fourth-order valence-electron chi connectivity index (χ4n) is 2.87. The van der Waals surface area contributed by atoms with Gasteiger partial charge in [0.25, 0.3) is 0 Å². The highest BCUT2D eigenvalue weighted by atomic mass is 35.5. The highest BCUT2D eigenvalue weighted by Gasteiger charge is 2.31. The molecular weight excluding hydrogens is 384 g/mol. The summed E-state index contributed by atoms with van der Waals surface area (Å²) >= 11 is 6.02. The van der Waals surface area contributed by atoms with E-state index in [4.69, 9.17) is 11.6 Å². The van der Waals surface area contributed by atoms with Crippen LogP contribution in [0, 0.1) is 20.8 Å². The molecule has 0 saturated heterocycles. The first-order valence-electron chi connectivity index (χ1n) is 8.68. The molecule has 0 bridgehead atoms. The highest BCUT2D eigenvalue weighted by molar-refractivity contribution is 7.92. The van der Waals surface area contributed by atoms with E-state index in [1.165, 1.54) is 4.31 Å². The van der Waals surface area contributed by atoms with Crippen LogP contribution in [0.5, 0.6) is 0 Å². The Morgan fingerprint density at radius 1 is 1.07 bits per heavy atom. The number of hydrogen-bond acceptors (Lipinski definition) is 3. The molecule has 146 valence electrons. The van der Waals surface area contributed by atoms with Crippen LogP contribution in [0.2, 0.25) is 5.02 Å². The highest BCUT2D eigenvalue weighted by Crippen LogP contribution is 2.26. The van der Waals surface area contributed by atoms with E-state index in [9.17, 15) is 13.2 Å². The second kappa shape index (κ2) is 8.31. The van der Waals surface area contributed by atoms with E-state index in [1.807, 2.05) is 26.8 Å². The van der Waals surface area contributed by atoms with Crippen molar-refractivity contribution >= 4 is 38.9 Å². The second-order valence-electron chi connectivity index (χ2n) is 6.70. The molecule has 0 heterocycles. The van der Waals surface area contributed by atoms with E-state index < -0.39 is 22.0 Å². The number of nitrogens with zero attached hydrogens (tertiary/aromatic N) is 1. The molecule has 0 unspecified atom stereocenters. The average Bonchev–Trinajstić information content (AvgIpc) is 2.57. The molecular formula is C20H25ClN2O3S. The van der Waals surface area contributed by atoms with Gasteiger partial charge < -0.3 is 5.32 Å². The second-order valence-corrected chi connectivity index (χ2v) is 9.00. The third-order valence-corrected chi connectivity index (χ3v) is 5.95. The van der Waals surface area contributed by atoms with Crippen LogP contribution in [0.4, 0.5) is 11.4 Å². The number of nitrogens with one attached hydrogen (secondary N) is 1. The maximum atomic E-state index is 13.0. The molecule has 0 aliphatic heterocycles. The van der Waals surface area contributed by atoms with Gasteiger partial charge in [-0.05, 0) is 68.1 Å². The lowest BCUT2D eigenvalue weighted by Crippen LogP contribution is -2.47. The topological polar surface area (TPSA) is 66.5 Å². The van der Waals surface area contributed by atoms with Crippen molar-refractivity contribution in [2.45, 2.75) is 40.2 Å². The molecule has 0 radical (unpaired) electrons. The molecule has 5 nitrogen and oxygen atoms in total. The lowest BCUT2D eigenvalue weighted by molar-refractivity contribution is -0.117. The minimum Gasteiger partial charge on any atom is -0.324 e. The van der Waals surface area contributed by atoms with Gasteiger partial charge in [0.15, 0.2) is 0 Å². The van der Waals surface area contributed by atoms with Gasteiger partial charge in [-0.15, -0.1) is 0 Å².